The predicted molar refractivity (Wildman–Crippen MR) is 117 cm³/mol. The fourth-order valence-corrected chi connectivity index (χ4v) is 4.58. The molecule has 0 radical (unpaired) electrons. The van der Waals surface area contributed by atoms with Crippen molar-refractivity contribution >= 4 is 33.2 Å². The first-order valence-electron chi connectivity index (χ1n) is 9.70. The van der Waals surface area contributed by atoms with Crippen molar-refractivity contribution in [1.29, 1.82) is 0 Å². The Morgan fingerprint density at radius 1 is 1.23 bits per heavy atom. The molecule has 0 spiro atoms. The lowest BCUT2D eigenvalue weighted by Gasteiger charge is -2.29. The van der Waals surface area contributed by atoms with Crippen molar-refractivity contribution in [3.63, 3.8) is 0 Å². The lowest BCUT2D eigenvalue weighted by atomic mass is 10.0. The van der Waals surface area contributed by atoms with E-state index in [0.29, 0.717) is 10.6 Å². The molecule has 1 amide bonds. The van der Waals surface area contributed by atoms with E-state index in [0.717, 1.165) is 37.8 Å². The van der Waals surface area contributed by atoms with E-state index in [1.807, 2.05) is 6.92 Å². The summed E-state index contributed by atoms with van der Waals surface area (Å²) in [5.41, 5.74) is 1.58. The fourth-order valence-electron chi connectivity index (χ4n) is 3.72. The molecule has 1 aliphatic rings. The quantitative estimate of drug-likeness (QED) is 0.669. The van der Waals surface area contributed by atoms with Crippen LogP contribution in [0.5, 0.6) is 0 Å². The standard InChI is InChI=1S/C21H25ClFN3O3S/c1-14-8-9-18(25-30(2,28)29)15(12-14)21(27)24-13-19(26-10-3-4-11-26)20-16(22)6-5-7-17(20)23/h5-9,12,19,25H,3-4,10-11,13H2,1-2H3,(H,24,27). The average Bonchev–Trinajstić information content (AvgIpc) is 3.18. The Bertz CT molecular complexity index is 1020. The number of anilines is 1. The highest BCUT2D eigenvalue weighted by atomic mass is 35.5. The number of hydrogen-bond donors (Lipinski definition) is 2. The molecule has 3 rings (SSSR count). The van der Waals surface area contributed by atoms with Crippen LogP contribution in [0.2, 0.25) is 5.02 Å². The van der Waals surface area contributed by atoms with E-state index in [9.17, 15) is 17.6 Å². The molecule has 1 saturated heterocycles. The van der Waals surface area contributed by atoms with Gasteiger partial charge in [-0.25, -0.2) is 12.8 Å². The molecule has 0 bridgehead atoms. The fraction of sp³-hybridized carbons (Fsp3) is 0.381. The molecule has 0 saturated carbocycles. The highest BCUT2D eigenvalue weighted by Gasteiger charge is 2.28. The van der Waals surface area contributed by atoms with Gasteiger partial charge in [0.2, 0.25) is 10.0 Å². The van der Waals surface area contributed by atoms with Gasteiger partial charge in [0, 0.05) is 17.1 Å². The smallest absolute Gasteiger partial charge is 0.253 e. The zero-order chi connectivity index (χ0) is 21.9. The summed E-state index contributed by atoms with van der Waals surface area (Å²) in [4.78, 5) is 15.0. The number of halogens is 2. The number of sulfonamides is 1. The maximum absolute atomic E-state index is 14.6. The summed E-state index contributed by atoms with van der Waals surface area (Å²) >= 11 is 6.30. The van der Waals surface area contributed by atoms with Crippen LogP contribution in [0.15, 0.2) is 36.4 Å². The van der Waals surface area contributed by atoms with Crippen LogP contribution < -0.4 is 10.0 Å². The SMILES string of the molecule is Cc1ccc(NS(C)(=O)=O)c(C(=O)NCC(c2c(F)cccc2Cl)N2CCCC2)c1. The maximum atomic E-state index is 14.6. The molecular formula is C21H25ClFN3O3S. The molecule has 30 heavy (non-hydrogen) atoms. The molecule has 1 aliphatic heterocycles. The Balaban J connectivity index is 1.86. The van der Waals surface area contributed by atoms with Crippen LogP contribution in [-0.4, -0.2) is 45.1 Å². The van der Waals surface area contributed by atoms with Crippen LogP contribution in [0, 0.1) is 12.7 Å². The summed E-state index contributed by atoms with van der Waals surface area (Å²) in [7, 11) is -3.55. The molecule has 162 valence electrons. The zero-order valence-electron chi connectivity index (χ0n) is 16.9. The number of likely N-dealkylation sites (tertiary alicyclic amines) is 1. The van der Waals surface area contributed by atoms with Gasteiger partial charge in [0.1, 0.15) is 5.82 Å². The third-order valence-electron chi connectivity index (χ3n) is 5.09. The average molecular weight is 454 g/mol. The number of aryl methyl sites for hydroxylation is 1. The van der Waals surface area contributed by atoms with Crippen molar-refractivity contribution in [1.82, 2.24) is 10.2 Å². The number of nitrogens with zero attached hydrogens (tertiary/aromatic N) is 1. The normalized spacial score (nSPS) is 15.7. The summed E-state index contributed by atoms with van der Waals surface area (Å²) in [5.74, 6) is -0.856. The Labute approximate surface area is 181 Å². The molecule has 1 unspecified atom stereocenters. The van der Waals surface area contributed by atoms with Gasteiger partial charge in [0.05, 0.1) is 23.5 Å². The second-order valence-corrected chi connectivity index (χ2v) is 9.68. The third-order valence-corrected chi connectivity index (χ3v) is 6.01. The molecule has 2 aromatic rings. The minimum atomic E-state index is -3.55. The largest absolute Gasteiger partial charge is 0.350 e. The highest BCUT2D eigenvalue weighted by Crippen LogP contribution is 2.32. The van der Waals surface area contributed by atoms with Gasteiger partial charge < -0.3 is 5.32 Å². The highest BCUT2D eigenvalue weighted by molar-refractivity contribution is 7.92. The van der Waals surface area contributed by atoms with Crippen molar-refractivity contribution in [3.05, 3.63) is 63.9 Å². The Morgan fingerprint density at radius 2 is 1.93 bits per heavy atom. The first kappa shape index (κ1) is 22.5. The van der Waals surface area contributed by atoms with Gasteiger partial charge >= 0.3 is 0 Å². The van der Waals surface area contributed by atoms with Crippen LogP contribution in [0.3, 0.4) is 0 Å². The van der Waals surface area contributed by atoms with E-state index >= 15 is 0 Å². The molecule has 9 heteroatoms. The molecule has 0 aliphatic carbocycles. The number of rotatable bonds is 7. The predicted octanol–water partition coefficient (Wildman–Crippen LogP) is 3.73. The van der Waals surface area contributed by atoms with Gasteiger partial charge in [-0.3, -0.25) is 14.4 Å². The van der Waals surface area contributed by atoms with E-state index in [1.165, 1.54) is 6.07 Å². The van der Waals surface area contributed by atoms with Gasteiger partial charge in [-0.1, -0.05) is 29.3 Å². The van der Waals surface area contributed by atoms with Gasteiger partial charge in [0.15, 0.2) is 0 Å². The van der Waals surface area contributed by atoms with E-state index in [1.54, 1.807) is 30.3 Å². The van der Waals surface area contributed by atoms with Crippen LogP contribution >= 0.6 is 11.6 Å². The number of nitrogens with one attached hydrogen (secondary N) is 2. The minimum Gasteiger partial charge on any atom is -0.350 e. The van der Waals surface area contributed by atoms with Gasteiger partial charge in [-0.05, 0) is 57.1 Å². The molecular weight excluding hydrogens is 429 g/mol. The van der Waals surface area contributed by atoms with E-state index in [4.69, 9.17) is 11.6 Å². The molecule has 0 aromatic heterocycles. The monoisotopic (exact) mass is 453 g/mol. The van der Waals surface area contributed by atoms with Crippen molar-refractivity contribution in [2.45, 2.75) is 25.8 Å². The number of carbonyl (C=O) groups excluding carboxylic acids is 1. The summed E-state index contributed by atoms with van der Waals surface area (Å²) in [6, 6.07) is 9.02. The number of hydrogen-bond acceptors (Lipinski definition) is 4. The molecule has 1 heterocycles. The summed E-state index contributed by atoms with van der Waals surface area (Å²) in [5, 5.41) is 3.16. The lowest BCUT2D eigenvalue weighted by Crippen LogP contribution is -2.37. The maximum Gasteiger partial charge on any atom is 0.253 e. The second-order valence-electron chi connectivity index (χ2n) is 7.53. The molecule has 2 aromatic carbocycles. The summed E-state index contributed by atoms with van der Waals surface area (Å²) < 4.78 is 40.3. The van der Waals surface area contributed by atoms with Crippen molar-refractivity contribution in [2.24, 2.45) is 0 Å². The molecule has 1 atom stereocenters. The van der Waals surface area contributed by atoms with Crippen LogP contribution in [-0.2, 0) is 10.0 Å². The lowest BCUT2D eigenvalue weighted by molar-refractivity contribution is 0.0938. The van der Waals surface area contributed by atoms with Gasteiger partial charge in [-0.2, -0.15) is 0 Å². The zero-order valence-corrected chi connectivity index (χ0v) is 18.5. The van der Waals surface area contributed by atoms with Crippen molar-refractivity contribution in [2.75, 3.05) is 30.6 Å². The Hall–Kier alpha value is -2.16. The third kappa shape index (κ3) is 5.50. The van der Waals surface area contributed by atoms with Gasteiger partial charge in [-0.15, -0.1) is 0 Å². The first-order valence-corrected chi connectivity index (χ1v) is 12.0. The topological polar surface area (TPSA) is 78.5 Å². The molecule has 1 fully saturated rings. The van der Waals surface area contributed by atoms with E-state index in [-0.39, 0.29) is 17.8 Å². The van der Waals surface area contributed by atoms with Crippen LogP contribution in [0.1, 0.15) is 40.4 Å². The second kappa shape index (κ2) is 9.32. The Kier molecular flexibility index (Phi) is 7.00. The number of benzene rings is 2. The van der Waals surface area contributed by atoms with Gasteiger partial charge in [0.25, 0.3) is 5.91 Å². The van der Waals surface area contributed by atoms with Crippen LogP contribution in [0.4, 0.5) is 10.1 Å². The Morgan fingerprint density at radius 3 is 2.57 bits per heavy atom. The van der Waals surface area contributed by atoms with Crippen molar-refractivity contribution in [3.8, 4) is 0 Å². The molecule has 6 nitrogen and oxygen atoms in total. The van der Waals surface area contributed by atoms with E-state index < -0.39 is 27.8 Å². The first-order chi connectivity index (χ1) is 14.2. The summed E-state index contributed by atoms with van der Waals surface area (Å²) in [6.45, 7) is 3.53. The number of carbonyl (C=O) groups is 1. The van der Waals surface area contributed by atoms with Crippen LogP contribution in [0.25, 0.3) is 0 Å². The summed E-state index contributed by atoms with van der Waals surface area (Å²) in [6.07, 6.45) is 3.02. The van der Waals surface area contributed by atoms with E-state index in [2.05, 4.69) is 14.9 Å². The molecule has 2 N–H and O–H groups in total. The number of amides is 1. The van der Waals surface area contributed by atoms with Crippen molar-refractivity contribution < 1.29 is 17.6 Å². The minimum absolute atomic E-state index is 0.145.